The quantitative estimate of drug-likeness (QED) is 0.278. The van der Waals surface area contributed by atoms with Gasteiger partial charge in [0, 0.05) is 23.8 Å². The van der Waals surface area contributed by atoms with Crippen molar-refractivity contribution < 1.29 is 4.79 Å². The van der Waals surface area contributed by atoms with Crippen LogP contribution in [0.25, 0.3) is 20.4 Å². The zero-order chi connectivity index (χ0) is 22.7. The number of nitrogens with zero attached hydrogens (tertiary/aromatic N) is 3. The van der Waals surface area contributed by atoms with Crippen molar-refractivity contribution >= 4 is 55.1 Å². The number of thiophene rings is 1. The minimum absolute atomic E-state index is 0.0541. The SMILES string of the molecule is CCCCn1c(SCC(=O)Nc2c(C)cccc2CC)nc2c(sc3ncccc32)c1=O. The zero-order valence-corrected chi connectivity index (χ0v) is 20.1. The molecule has 0 saturated carbocycles. The summed E-state index contributed by atoms with van der Waals surface area (Å²) in [7, 11) is 0. The Morgan fingerprint density at radius 1 is 1.22 bits per heavy atom. The van der Waals surface area contributed by atoms with E-state index in [4.69, 9.17) is 4.98 Å². The van der Waals surface area contributed by atoms with E-state index < -0.39 is 0 Å². The van der Waals surface area contributed by atoms with Gasteiger partial charge in [0.05, 0.1) is 11.3 Å². The molecule has 0 saturated heterocycles. The van der Waals surface area contributed by atoms with Crippen molar-refractivity contribution in [2.75, 3.05) is 11.1 Å². The number of aromatic nitrogens is 3. The number of thioether (sulfide) groups is 1. The number of pyridine rings is 1. The van der Waals surface area contributed by atoms with Gasteiger partial charge in [0.1, 0.15) is 9.53 Å². The fraction of sp³-hybridized carbons (Fsp3) is 0.333. The maximum atomic E-state index is 13.3. The normalized spacial score (nSPS) is 11.3. The van der Waals surface area contributed by atoms with Crippen LogP contribution in [0.5, 0.6) is 0 Å². The highest BCUT2D eigenvalue weighted by molar-refractivity contribution is 7.99. The van der Waals surface area contributed by atoms with E-state index in [1.54, 1.807) is 10.8 Å². The van der Waals surface area contributed by atoms with Crippen molar-refractivity contribution in [3.63, 3.8) is 0 Å². The molecule has 6 nitrogen and oxygen atoms in total. The minimum Gasteiger partial charge on any atom is -0.325 e. The molecule has 4 rings (SSSR count). The smallest absolute Gasteiger partial charge is 0.272 e. The third-order valence-corrected chi connectivity index (χ3v) is 7.46. The van der Waals surface area contributed by atoms with Crippen LogP contribution in [0.4, 0.5) is 5.69 Å². The van der Waals surface area contributed by atoms with E-state index in [1.807, 2.05) is 37.3 Å². The van der Waals surface area contributed by atoms with Crippen LogP contribution in [0.15, 0.2) is 46.5 Å². The Balaban J connectivity index is 1.65. The standard InChI is InChI=1S/C24H26N4O2S2/c1-4-6-13-28-23(30)21-20(17-11-8-12-25-22(17)32-21)27-24(28)31-14-18(29)26-19-15(3)9-7-10-16(19)5-2/h7-12H,4-6,13-14H2,1-3H3,(H,26,29). The molecule has 3 heterocycles. The van der Waals surface area contributed by atoms with Gasteiger partial charge < -0.3 is 5.32 Å². The van der Waals surface area contributed by atoms with Gasteiger partial charge in [0.15, 0.2) is 5.16 Å². The number of benzene rings is 1. The number of carbonyl (C=O) groups is 1. The van der Waals surface area contributed by atoms with E-state index in [2.05, 4.69) is 24.1 Å². The third kappa shape index (κ3) is 4.42. The number of fused-ring (bicyclic) bond motifs is 3. The van der Waals surface area contributed by atoms with Gasteiger partial charge in [-0.1, -0.05) is 50.2 Å². The lowest BCUT2D eigenvalue weighted by Crippen LogP contribution is -2.24. The number of carbonyl (C=O) groups excluding carboxylic acids is 1. The molecule has 1 N–H and O–H groups in total. The second-order valence-electron chi connectivity index (χ2n) is 7.64. The minimum atomic E-state index is -0.104. The molecule has 1 amide bonds. The molecule has 4 aromatic rings. The highest BCUT2D eigenvalue weighted by atomic mass is 32.2. The number of amides is 1. The lowest BCUT2D eigenvalue weighted by Gasteiger charge is -2.14. The highest BCUT2D eigenvalue weighted by Crippen LogP contribution is 2.30. The van der Waals surface area contributed by atoms with Gasteiger partial charge in [-0.25, -0.2) is 9.97 Å². The first-order valence-electron chi connectivity index (χ1n) is 10.8. The predicted molar refractivity (Wildman–Crippen MR) is 134 cm³/mol. The molecule has 1 aromatic carbocycles. The van der Waals surface area contributed by atoms with Gasteiger partial charge in [-0.2, -0.15) is 0 Å². The van der Waals surface area contributed by atoms with E-state index in [-0.39, 0.29) is 17.2 Å². The second-order valence-corrected chi connectivity index (χ2v) is 9.58. The number of anilines is 1. The number of unbranched alkanes of at least 4 members (excludes halogenated alkanes) is 1. The summed E-state index contributed by atoms with van der Waals surface area (Å²) in [6.45, 7) is 6.75. The van der Waals surface area contributed by atoms with Gasteiger partial charge in [0.2, 0.25) is 5.91 Å². The van der Waals surface area contributed by atoms with E-state index in [1.165, 1.54) is 23.1 Å². The molecule has 0 atom stereocenters. The van der Waals surface area contributed by atoms with Gasteiger partial charge in [0.25, 0.3) is 5.56 Å². The largest absolute Gasteiger partial charge is 0.325 e. The van der Waals surface area contributed by atoms with Crippen molar-refractivity contribution in [2.24, 2.45) is 0 Å². The average Bonchev–Trinajstić information content (AvgIpc) is 3.17. The molecule has 0 aliphatic carbocycles. The number of aryl methyl sites for hydroxylation is 2. The fourth-order valence-electron chi connectivity index (χ4n) is 3.67. The molecule has 0 unspecified atom stereocenters. The first kappa shape index (κ1) is 22.5. The summed E-state index contributed by atoms with van der Waals surface area (Å²) in [5.41, 5.74) is 3.65. The average molecular weight is 467 g/mol. The molecular weight excluding hydrogens is 440 g/mol. The van der Waals surface area contributed by atoms with E-state index in [0.29, 0.717) is 21.9 Å². The van der Waals surface area contributed by atoms with Crippen LogP contribution in [0.1, 0.15) is 37.8 Å². The Labute approximate surface area is 195 Å². The topological polar surface area (TPSA) is 76.9 Å². The Hall–Kier alpha value is -2.71. The number of rotatable bonds is 8. The van der Waals surface area contributed by atoms with Crippen LogP contribution in [-0.2, 0) is 17.8 Å². The van der Waals surface area contributed by atoms with Crippen molar-refractivity contribution in [3.05, 3.63) is 58.0 Å². The van der Waals surface area contributed by atoms with Crippen LogP contribution < -0.4 is 10.9 Å². The zero-order valence-electron chi connectivity index (χ0n) is 18.5. The molecule has 0 spiro atoms. The molecule has 0 aliphatic heterocycles. The summed E-state index contributed by atoms with van der Waals surface area (Å²) in [4.78, 5) is 36.1. The van der Waals surface area contributed by atoms with Gasteiger partial charge >= 0.3 is 0 Å². The van der Waals surface area contributed by atoms with Crippen LogP contribution in [0.3, 0.4) is 0 Å². The Morgan fingerprint density at radius 3 is 2.84 bits per heavy atom. The van der Waals surface area contributed by atoms with Crippen molar-refractivity contribution in [2.45, 2.75) is 51.7 Å². The summed E-state index contributed by atoms with van der Waals surface area (Å²) >= 11 is 2.69. The number of hydrogen-bond donors (Lipinski definition) is 1. The summed E-state index contributed by atoms with van der Waals surface area (Å²) < 4.78 is 2.33. The molecule has 166 valence electrons. The van der Waals surface area contributed by atoms with E-state index >= 15 is 0 Å². The molecule has 0 radical (unpaired) electrons. The maximum absolute atomic E-state index is 13.3. The second kappa shape index (κ2) is 9.83. The van der Waals surface area contributed by atoms with Gasteiger partial charge in [-0.05, 0) is 43.0 Å². The highest BCUT2D eigenvalue weighted by Gasteiger charge is 2.18. The molecule has 3 aromatic heterocycles. The molecular formula is C24H26N4O2S2. The first-order chi connectivity index (χ1) is 15.5. The Morgan fingerprint density at radius 2 is 2.06 bits per heavy atom. The number of para-hydroxylation sites is 1. The van der Waals surface area contributed by atoms with Crippen molar-refractivity contribution in [1.29, 1.82) is 0 Å². The lowest BCUT2D eigenvalue weighted by molar-refractivity contribution is -0.113. The van der Waals surface area contributed by atoms with Crippen LogP contribution >= 0.6 is 23.1 Å². The van der Waals surface area contributed by atoms with Crippen molar-refractivity contribution in [3.8, 4) is 0 Å². The molecule has 8 heteroatoms. The maximum Gasteiger partial charge on any atom is 0.272 e. The first-order valence-corrected chi connectivity index (χ1v) is 12.6. The van der Waals surface area contributed by atoms with E-state index in [0.717, 1.165) is 46.3 Å². The number of nitrogens with one attached hydrogen (secondary N) is 1. The summed E-state index contributed by atoms with van der Waals surface area (Å²) in [5.74, 6) is 0.0780. The monoisotopic (exact) mass is 466 g/mol. The molecule has 0 fully saturated rings. The van der Waals surface area contributed by atoms with Gasteiger partial charge in [-0.15, -0.1) is 11.3 Å². The molecule has 0 bridgehead atoms. The third-order valence-electron chi connectivity index (χ3n) is 5.39. The summed E-state index contributed by atoms with van der Waals surface area (Å²) in [5, 5.41) is 4.52. The number of hydrogen-bond acceptors (Lipinski definition) is 6. The van der Waals surface area contributed by atoms with Crippen LogP contribution in [0, 0.1) is 6.92 Å². The van der Waals surface area contributed by atoms with Crippen molar-refractivity contribution in [1.82, 2.24) is 14.5 Å². The predicted octanol–water partition coefficient (Wildman–Crippen LogP) is 5.41. The molecule has 32 heavy (non-hydrogen) atoms. The van der Waals surface area contributed by atoms with Crippen LogP contribution in [0.2, 0.25) is 0 Å². The van der Waals surface area contributed by atoms with E-state index in [9.17, 15) is 9.59 Å². The summed E-state index contributed by atoms with van der Waals surface area (Å²) in [6, 6.07) is 9.82. The Kier molecular flexibility index (Phi) is 6.91. The van der Waals surface area contributed by atoms with Crippen LogP contribution in [-0.4, -0.2) is 26.2 Å². The molecule has 0 aliphatic rings. The fourth-order valence-corrected chi connectivity index (χ4v) is 5.52. The van der Waals surface area contributed by atoms with Gasteiger partial charge in [-0.3, -0.25) is 14.2 Å². The summed E-state index contributed by atoms with van der Waals surface area (Å²) in [6.07, 6.45) is 4.41. The lowest BCUT2D eigenvalue weighted by atomic mass is 10.1. The Bertz CT molecular complexity index is 1340.